The van der Waals surface area contributed by atoms with Gasteiger partial charge in [0, 0.05) is 16.1 Å². The minimum atomic E-state index is -4.79. The van der Waals surface area contributed by atoms with Crippen LogP contribution in [-0.4, -0.2) is 17.6 Å². The van der Waals surface area contributed by atoms with Crippen LogP contribution in [0, 0.1) is 6.92 Å². The number of nitrogens with zero attached hydrogens (tertiary/aromatic N) is 1. The van der Waals surface area contributed by atoms with E-state index in [1.807, 2.05) is 0 Å². The van der Waals surface area contributed by atoms with Crippen LogP contribution in [0.2, 0.25) is 5.02 Å². The molecule has 0 aliphatic heterocycles. The lowest BCUT2D eigenvalue weighted by Gasteiger charge is -2.15. The highest BCUT2D eigenvalue weighted by Gasteiger charge is 2.31. The van der Waals surface area contributed by atoms with Crippen LogP contribution in [-0.2, 0) is 4.74 Å². The molecular formula is C20H16ClF3N2O4. The van der Waals surface area contributed by atoms with E-state index < -0.39 is 18.6 Å². The van der Waals surface area contributed by atoms with Gasteiger partial charge in [0.25, 0.3) is 0 Å². The molecular weight excluding hydrogens is 425 g/mol. The molecule has 3 rings (SSSR count). The van der Waals surface area contributed by atoms with E-state index in [0.717, 1.165) is 12.1 Å². The van der Waals surface area contributed by atoms with E-state index in [1.165, 1.54) is 12.1 Å². The summed E-state index contributed by atoms with van der Waals surface area (Å²) in [5.74, 6) is -0.224. The van der Waals surface area contributed by atoms with Crippen molar-refractivity contribution in [1.82, 2.24) is 5.16 Å². The Hall–Kier alpha value is -3.20. The van der Waals surface area contributed by atoms with Crippen LogP contribution in [0.3, 0.4) is 0 Å². The van der Waals surface area contributed by atoms with E-state index in [0.29, 0.717) is 21.8 Å². The van der Waals surface area contributed by atoms with E-state index in [1.54, 1.807) is 38.1 Å². The molecule has 1 amide bonds. The number of aromatic nitrogens is 1. The van der Waals surface area contributed by atoms with Crippen molar-refractivity contribution in [2.45, 2.75) is 26.3 Å². The molecule has 0 aliphatic carbocycles. The molecule has 0 aliphatic rings. The van der Waals surface area contributed by atoms with Gasteiger partial charge in [0.15, 0.2) is 5.76 Å². The molecule has 3 aromatic rings. The number of rotatable bonds is 5. The van der Waals surface area contributed by atoms with Crippen molar-refractivity contribution in [1.29, 1.82) is 0 Å². The molecule has 2 aromatic carbocycles. The van der Waals surface area contributed by atoms with Gasteiger partial charge in [0.1, 0.15) is 23.2 Å². The summed E-state index contributed by atoms with van der Waals surface area (Å²) in [5, 5.41) is 6.82. The number of benzene rings is 2. The summed E-state index contributed by atoms with van der Waals surface area (Å²) in [6, 6.07) is 11.9. The second kappa shape index (κ2) is 8.66. The van der Waals surface area contributed by atoms with Crippen molar-refractivity contribution in [3.05, 3.63) is 64.8 Å². The molecule has 10 heteroatoms. The fourth-order valence-electron chi connectivity index (χ4n) is 2.68. The maximum atomic E-state index is 12.4. The maximum absolute atomic E-state index is 12.4. The van der Waals surface area contributed by atoms with Gasteiger partial charge in [-0.25, -0.2) is 4.79 Å². The van der Waals surface area contributed by atoms with Gasteiger partial charge in [-0.15, -0.1) is 13.2 Å². The van der Waals surface area contributed by atoms with Crippen LogP contribution < -0.4 is 10.1 Å². The summed E-state index contributed by atoms with van der Waals surface area (Å²) in [7, 11) is 0. The van der Waals surface area contributed by atoms with E-state index in [9.17, 15) is 18.0 Å². The van der Waals surface area contributed by atoms with Gasteiger partial charge < -0.3 is 14.0 Å². The zero-order valence-corrected chi connectivity index (χ0v) is 16.5. The molecule has 1 N–H and O–H groups in total. The van der Waals surface area contributed by atoms with E-state index in [2.05, 4.69) is 15.2 Å². The smallest absolute Gasteiger partial charge is 0.441 e. The number of nitrogens with one attached hydrogen (secondary N) is 1. The lowest BCUT2D eigenvalue weighted by molar-refractivity contribution is -0.274. The predicted octanol–water partition coefficient (Wildman–Crippen LogP) is 6.51. The minimum absolute atomic E-state index is 0.161. The zero-order chi connectivity index (χ0) is 21.9. The van der Waals surface area contributed by atoms with Crippen LogP contribution in [0.1, 0.15) is 24.3 Å². The first-order chi connectivity index (χ1) is 14.1. The zero-order valence-electron chi connectivity index (χ0n) is 15.8. The molecule has 30 heavy (non-hydrogen) atoms. The van der Waals surface area contributed by atoms with Crippen molar-refractivity contribution in [2.24, 2.45) is 0 Å². The normalized spacial score (nSPS) is 12.3. The van der Waals surface area contributed by atoms with Gasteiger partial charge in [-0.3, -0.25) is 5.32 Å². The Morgan fingerprint density at radius 3 is 2.47 bits per heavy atom. The molecule has 0 bridgehead atoms. The molecule has 1 atom stereocenters. The number of hydrogen-bond acceptors (Lipinski definition) is 5. The third-order valence-electron chi connectivity index (χ3n) is 4.07. The number of hydrogen-bond donors (Lipinski definition) is 1. The van der Waals surface area contributed by atoms with Crippen LogP contribution in [0.15, 0.2) is 53.1 Å². The van der Waals surface area contributed by atoms with Gasteiger partial charge in [-0.05, 0) is 44.2 Å². The number of anilines is 1. The molecule has 1 heterocycles. The van der Waals surface area contributed by atoms with Gasteiger partial charge in [-0.1, -0.05) is 35.0 Å². The molecule has 0 radical (unpaired) electrons. The number of carbonyl (C=O) groups excluding carboxylic acids is 1. The highest BCUT2D eigenvalue weighted by Crippen LogP contribution is 2.33. The first-order valence-corrected chi connectivity index (χ1v) is 9.06. The van der Waals surface area contributed by atoms with Gasteiger partial charge in [-0.2, -0.15) is 0 Å². The molecule has 0 saturated heterocycles. The Labute approximate surface area is 174 Å². The maximum Gasteiger partial charge on any atom is 0.573 e. The first kappa shape index (κ1) is 21.5. The third kappa shape index (κ3) is 5.24. The Morgan fingerprint density at radius 2 is 1.83 bits per heavy atom. The number of carbonyl (C=O) groups is 1. The average Bonchev–Trinajstić information content (AvgIpc) is 3.02. The minimum Gasteiger partial charge on any atom is -0.441 e. The summed E-state index contributed by atoms with van der Waals surface area (Å²) < 4.78 is 51.4. The molecule has 1 unspecified atom stereocenters. The van der Waals surface area contributed by atoms with E-state index in [-0.39, 0.29) is 17.2 Å². The molecule has 6 nitrogen and oxygen atoms in total. The largest absolute Gasteiger partial charge is 0.573 e. The molecule has 0 saturated carbocycles. The van der Waals surface area contributed by atoms with Crippen LogP contribution in [0.5, 0.6) is 5.75 Å². The van der Waals surface area contributed by atoms with Crippen molar-refractivity contribution in [3.63, 3.8) is 0 Å². The Morgan fingerprint density at radius 1 is 1.17 bits per heavy atom. The van der Waals surface area contributed by atoms with E-state index >= 15 is 0 Å². The summed E-state index contributed by atoms with van der Waals surface area (Å²) in [5.41, 5.74) is 1.62. The fourth-order valence-corrected chi connectivity index (χ4v) is 2.97. The van der Waals surface area contributed by atoms with E-state index in [4.69, 9.17) is 20.9 Å². The topological polar surface area (TPSA) is 73.6 Å². The third-order valence-corrected chi connectivity index (χ3v) is 4.41. The highest BCUT2D eigenvalue weighted by atomic mass is 35.5. The van der Waals surface area contributed by atoms with Crippen molar-refractivity contribution in [3.8, 4) is 17.1 Å². The number of amides is 1. The Kier molecular flexibility index (Phi) is 6.21. The SMILES string of the molecule is Cc1noc(-c2ccc(OC(F)(F)F)cc2)c1NC(=O)OC(C)c1ccccc1Cl. The molecule has 1 aromatic heterocycles. The fraction of sp³-hybridized carbons (Fsp3) is 0.200. The number of halogens is 4. The molecule has 0 fully saturated rings. The number of aryl methyl sites for hydroxylation is 1. The standard InChI is InChI=1S/C20H16ClF3N2O4/c1-11-17(25-19(27)28-12(2)15-5-3-4-6-16(15)21)18(30-26-11)13-7-9-14(10-8-13)29-20(22,23)24/h3-10,12H,1-2H3,(H,25,27). The predicted molar refractivity (Wildman–Crippen MR) is 103 cm³/mol. The van der Waals surface area contributed by atoms with Gasteiger partial charge in [0.2, 0.25) is 0 Å². The summed E-state index contributed by atoms with van der Waals surface area (Å²) >= 11 is 6.11. The molecule has 0 spiro atoms. The van der Waals surface area contributed by atoms with Crippen LogP contribution >= 0.6 is 11.6 Å². The van der Waals surface area contributed by atoms with Crippen LogP contribution in [0.4, 0.5) is 23.7 Å². The van der Waals surface area contributed by atoms with Gasteiger partial charge in [0.05, 0.1) is 0 Å². The van der Waals surface area contributed by atoms with Crippen molar-refractivity contribution >= 4 is 23.4 Å². The summed E-state index contributed by atoms with van der Waals surface area (Å²) in [6.45, 7) is 3.27. The number of alkyl halides is 3. The Balaban J connectivity index is 1.74. The average molecular weight is 441 g/mol. The lowest BCUT2D eigenvalue weighted by Crippen LogP contribution is -2.17. The molecule has 158 valence electrons. The van der Waals surface area contributed by atoms with Crippen LogP contribution in [0.25, 0.3) is 11.3 Å². The lowest BCUT2D eigenvalue weighted by atomic mass is 10.1. The Bertz CT molecular complexity index is 1040. The monoisotopic (exact) mass is 440 g/mol. The summed E-state index contributed by atoms with van der Waals surface area (Å²) in [4.78, 5) is 12.4. The van der Waals surface area contributed by atoms with Crippen molar-refractivity contribution < 1.29 is 32.0 Å². The highest BCUT2D eigenvalue weighted by molar-refractivity contribution is 6.31. The van der Waals surface area contributed by atoms with Crippen molar-refractivity contribution in [2.75, 3.05) is 5.32 Å². The second-order valence-corrected chi connectivity index (χ2v) is 6.65. The quantitative estimate of drug-likeness (QED) is 0.489. The second-order valence-electron chi connectivity index (χ2n) is 6.24. The summed E-state index contributed by atoms with van der Waals surface area (Å²) in [6.07, 6.45) is -6.19. The first-order valence-electron chi connectivity index (χ1n) is 8.68. The van der Waals surface area contributed by atoms with Gasteiger partial charge >= 0.3 is 12.5 Å². The number of ether oxygens (including phenoxy) is 2.